The lowest BCUT2D eigenvalue weighted by molar-refractivity contribution is -0.118. The van der Waals surface area contributed by atoms with Crippen LogP contribution >= 0.6 is 0 Å². The van der Waals surface area contributed by atoms with Crippen LogP contribution in [0.2, 0.25) is 0 Å². The average Bonchev–Trinajstić information content (AvgIpc) is 2.59. The van der Waals surface area contributed by atoms with E-state index in [9.17, 15) is 4.79 Å². The summed E-state index contributed by atoms with van der Waals surface area (Å²) in [5.41, 5.74) is 0.685. The summed E-state index contributed by atoms with van der Waals surface area (Å²) in [7, 11) is 0. The van der Waals surface area contributed by atoms with Crippen molar-refractivity contribution in [3.05, 3.63) is 66.7 Å². The maximum Gasteiger partial charge on any atom is 0.262 e. The van der Waals surface area contributed by atoms with Gasteiger partial charge in [-0.05, 0) is 48.9 Å². The zero-order chi connectivity index (χ0) is 17.6. The Morgan fingerprint density at radius 1 is 0.920 bits per heavy atom. The van der Waals surface area contributed by atoms with E-state index in [1.54, 1.807) is 6.07 Å². The lowest BCUT2D eigenvalue weighted by atomic mass is 10.1. The van der Waals surface area contributed by atoms with Gasteiger partial charge in [0.2, 0.25) is 0 Å². The maximum absolute atomic E-state index is 12.1. The number of carbonyl (C=O) groups is 1. The number of rotatable bonds is 6. The van der Waals surface area contributed by atoms with Crippen LogP contribution in [0.1, 0.15) is 13.8 Å². The molecule has 0 saturated heterocycles. The van der Waals surface area contributed by atoms with E-state index in [0.29, 0.717) is 11.4 Å². The van der Waals surface area contributed by atoms with E-state index in [-0.39, 0.29) is 18.6 Å². The largest absolute Gasteiger partial charge is 0.491 e. The Morgan fingerprint density at radius 3 is 2.52 bits per heavy atom. The summed E-state index contributed by atoms with van der Waals surface area (Å²) in [6, 6.07) is 21.1. The van der Waals surface area contributed by atoms with E-state index in [0.717, 1.165) is 16.5 Å². The second kappa shape index (κ2) is 7.71. The van der Waals surface area contributed by atoms with Crippen molar-refractivity contribution in [2.24, 2.45) is 0 Å². The van der Waals surface area contributed by atoms with Crippen molar-refractivity contribution in [2.75, 3.05) is 11.9 Å². The number of carbonyl (C=O) groups excluding carboxylic acids is 1. The van der Waals surface area contributed by atoms with Crippen LogP contribution in [-0.4, -0.2) is 18.6 Å². The van der Waals surface area contributed by atoms with Gasteiger partial charge in [0.25, 0.3) is 5.91 Å². The molecule has 0 aliphatic heterocycles. The third-order valence-electron chi connectivity index (χ3n) is 3.58. The number of fused-ring (bicyclic) bond motifs is 1. The van der Waals surface area contributed by atoms with Gasteiger partial charge < -0.3 is 14.8 Å². The van der Waals surface area contributed by atoms with E-state index in [2.05, 4.69) is 5.32 Å². The van der Waals surface area contributed by atoms with Gasteiger partial charge in [0.15, 0.2) is 6.61 Å². The number of hydrogen-bond donors (Lipinski definition) is 1. The van der Waals surface area contributed by atoms with Gasteiger partial charge in [-0.3, -0.25) is 4.79 Å². The molecule has 0 fully saturated rings. The second-order valence-corrected chi connectivity index (χ2v) is 6.04. The molecule has 1 amide bonds. The average molecular weight is 335 g/mol. The first kappa shape index (κ1) is 16.8. The van der Waals surface area contributed by atoms with Gasteiger partial charge in [0.05, 0.1) is 6.10 Å². The predicted molar refractivity (Wildman–Crippen MR) is 100 cm³/mol. The summed E-state index contributed by atoms with van der Waals surface area (Å²) in [6.45, 7) is 3.87. The van der Waals surface area contributed by atoms with E-state index in [4.69, 9.17) is 9.47 Å². The minimum atomic E-state index is -0.213. The maximum atomic E-state index is 12.1. The fourth-order valence-corrected chi connectivity index (χ4v) is 2.52. The number of hydrogen-bond acceptors (Lipinski definition) is 3. The summed E-state index contributed by atoms with van der Waals surface area (Å²) < 4.78 is 11.2. The Balaban J connectivity index is 1.58. The molecule has 0 bridgehead atoms. The SMILES string of the molecule is CC(C)Oc1cccc(NC(=O)COc2ccc3ccccc3c2)c1. The minimum Gasteiger partial charge on any atom is -0.491 e. The molecular weight excluding hydrogens is 314 g/mol. The Kier molecular flexibility index (Phi) is 5.19. The highest BCUT2D eigenvalue weighted by atomic mass is 16.5. The van der Waals surface area contributed by atoms with Gasteiger partial charge >= 0.3 is 0 Å². The Hall–Kier alpha value is -3.01. The van der Waals surface area contributed by atoms with Gasteiger partial charge in [-0.15, -0.1) is 0 Å². The molecule has 4 heteroatoms. The summed E-state index contributed by atoms with van der Waals surface area (Å²) >= 11 is 0. The normalized spacial score (nSPS) is 10.7. The molecule has 0 spiro atoms. The van der Waals surface area contributed by atoms with Gasteiger partial charge in [-0.2, -0.15) is 0 Å². The molecule has 0 heterocycles. The number of amides is 1. The van der Waals surface area contributed by atoms with Crippen LogP contribution in [0, 0.1) is 0 Å². The van der Waals surface area contributed by atoms with Crippen LogP contribution in [0.3, 0.4) is 0 Å². The highest BCUT2D eigenvalue weighted by Crippen LogP contribution is 2.21. The molecule has 3 aromatic carbocycles. The molecule has 0 unspecified atom stereocenters. The number of benzene rings is 3. The lowest BCUT2D eigenvalue weighted by Gasteiger charge is -2.12. The first-order valence-electron chi connectivity index (χ1n) is 8.28. The molecule has 0 saturated carbocycles. The van der Waals surface area contributed by atoms with Crippen molar-refractivity contribution in [3.63, 3.8) is 0 Å². The van der Waals surface area contributed by atoms with Crippen molar-refractivity contribution in [3.8, 4) is 11.5 Å². The molecule has 1 N–H and O–H groups in total. The van der Waals surface area contributed by atoms with E-state index < -0.39 is 0 Å². The summed E-state index contributed by atoms with van der Waals surface area (Å²) in [6.07, 6.45) is 0.0854. The Bertz CT molecular complexity index is 874. The molecule has 0 aliphatic rings. The van der Waals surface area contributed by atoms with Gasteiger partial charge in [-0.25, -0.2) is 0 Å². The summed E-state index contributed by atoms with van der Waals surface area (Å²) in [5, 5.41) is 5.04. The third-order valence-corrected chi connectivity index (χ3v) is 3.58. The van der Waals surface area contributed by atoms with Gasteiger partial charge in [0, 0.05) is 11.8 Å². The fourth-order valence-electron chi connectivity index (χ4n) is 2.52. The molecular formula is C21H21NO3. The van der Waals surface area contributed by atoms with Crippen molar-refractivity contribution in [2.45, 2.75) is 20.0 Å². The molecule has 3 rings (SSSR count). The zero-order valence-electron chi connectivity index (χ0n) is 14.4. The van der Waals surface area contributed by atoms with Crippen molar-refractivity contribution < 1.29 is 14.3 Å². The van der Waals surface area contributed by atoms with Crippen molar-refractivity contribution in [1.29, 1.82) is 0 Å². The quantitative estimate of drug-likeness (QED) is 0.713. The fraction of sp³-hybridized carbons (Fsp3) is 0.190. The minimum absolute atomic E-state index is 0.0480. The number of nitrogens with one attached hydrogen (secondary N) is 1. The van der Waals surface area contributed by atoms with Gasteiger partial charge in [0.1, 0.15) is 11.5 Å². The Labute approximate surface area is 147 Å². The summed E-state index contributed by atoms with van der Waals surface area (Å²) in [4.78, 5) is 12.1. The predicted octanol–water partition coefficient (Wildman–Crippen LogP) is 4.64. The molecule has 25 heavy (non-hydrogen) atoms. The van der Waals surface area contributed by atoms with Crippen LogP contribution in [0.15, 0.2) is 66.7 Å². The van der Waals surface area contributed by atoms with E-state index in [1.807, 2.05) is 74.5 Å². The monoisotopic (exact) mass is 335 g/mol. The highest BCUT2D eigenvalue weighted by molar-refractivity contribution is 5.92. The van der Waals surface area contributed by atoms with Crippen LogP contribution in [0.5, 0.6) is 11.5 Å². The van der Waals surface area contributed by atoms with Crippen LogP contribution in [0.4, 0.5) is 5.69 Å². The molecule has 0 aromatic heterocycles. The van der Waals surface area contributed by atoms with Crippen molar-refractivity contribution in [1.82, 2.24) is 0 Å². The first-order chi connectivity index (χ1) is 12.1. The second-order valence-electron chi connectivity index (χ2n) is 6.04. The molecule has 0 aliphatic carbocycles. The number of anilines is 1. The highest BCUT2D eigenvalue weighted by Gasteiger charge is 2.06. The molecule has 3 aromatic rings. The smallest absolute Gasteiger partial charge is 0.262 e. The van der Waals surface area contributed by atoms with Crippen LogP contribution in [0.25, 0.3) is 10.8 Å². The molecule has 4 nitrogen and oxygen atoms in total. The first-order valence-corrected chi connectivity index (χ1v) is 8.28. The van der Waals surface area contributed by atoms with E-state index >= 15 is 0 Å². The summed E-state index contributed by atoms with van der Waals surface area (Å²) in [5.74, 6) is 1.18. The standard InChI is InChI=1S/C21H21NO3/c1-15(2)25-20-9-5-8-18(13-20)22-21(23)14-24-19-11-10-16-6-3-4-7-17(16)12-19/h3-13,15H,14H2,1-2H3,(H,22,23). The molecule has 128 valence electrons. The van der Waals surface area contributed by atoms with Crippen LogP contribution in [-0.2, 0) is 4.79 Å². The van der Waals surface area contributed by atoms with Crippen molar-refractivity contribution >= 4 is 22.4 Å². The zero-order valence-corrected chi connectivity index (χ0v) is 14.4. The van der Waals surface area contributed by atoms with Gasteiger partial charge in [-0.1, -0.05) is 36.4 Å². The number of ether oxygens (including phenoxy) is 2. The topological polar surface area (TPSA) is 47.6 Å². The molecule has 0 atom stereocenters. The lowest BCUT2D eigenvalue weighted by Crippen LogP contribution is -2.20. The third kappa shape index (κ3) is 4.73. The molecule has 0 radical (unpaired) electrons. The van der Waals surface area contributed by atoms with Crippen LogP contribution < -0.4 is 14.8 Å². The van der Waals surface area contributed by atoms with E-state index in [1.165, 1.54) is 0 Å². The Morgan fingerprint density at radius 2 is 1.72 bits per heavy atom.